The van der Waals surface area contributed by atoms with E-state index in [9.17, 15) is 9.59 Å². The Balaban J connectivity index is 1.81. The van der Waals surface area contributed by atoms with E-state index in [1.165, 1.54) is 20.9 Å². The Bertz CT molecular complexity index is 934. The average Bonchev–Trinajstić information content (AvgIpc) is 3.18. The van der Waals surface area contributed by atoms with Crippen LogP contribution in [-0.2, 0) is 24.6 Å². The first-order valence-electron chi connectivity index (χ1n) is 9.43. The van der Waals surface area contributed by atoms with Gasteiger partial charge in [-0.05, 0) is 72.0 Å². The highest BCUT2D eigenvalue weighted by Crippen LogP contribution is 2.40. The summed E-state index contributed by atoms with van der Waals surface area (Å²) in [6.45, 7) is 4.55. The van der Waals surface area contributed by atoms with Crippen LogP contribution in [0.25, 0.3) is 0 Å². The molecule has 156 valence electrons. The predicted octanol–water partition coefficient (Wildman–Crippen LogP) is 3.90. The number of aryl methyl sites for hydroxylation is 1. The third-order valence-electron chi connectivity index (χ3n) is 4.72. The molecule has 2 aromatic heterocycles. The average molecular weight is 546 g/mol. The molecule has 1 aliphatic rings. The maximum Gasteiger partial charge on any atom is 0.341 e. The highest BCUT2D eigenvalue weighted by molar-refractivity contribution is 14.1. The molecule has 2 aromatic rings. The van der Waals surface area contributed by atoms with Crippen molar-refractivity contribution in [3.8, 4) is 0 Å². The molecule has 2 N–H and O–H groups in total. The Morgan fingerprint density at radius 1 is 1.48 bits per heavy atom. The van der Waals surface area contributed by atoms with Crippen molar-refractivity contribution in [2.45, 2.75) is 39.5 Å². The number of carbonyl (C=O) groups excluding carboxylic acids is 2. The highest BCUT2D eigenvalue weighted by Gasteiger charge is 2.29. The molecule has 1 atom stereocenters. The number of hydrogen-bond donors (Lipinski definition) is 2. The Morgan fingerprint density at radius 2 is 2.24 bits per heavy atom. The van der Waals surface area contributed by atoms with E-state index in [0.29, 0.717) is 28.8 Å². The zero-order valence-corrected chi connectivity index (χ0v) is 20.3. The molecule has 0 fully saturated rings. The maximum atomic E-state index is 12.7. The lowest BCUT2D eigenvalue weighted by Gasteiger charge is -2.18. The molecular formula is C19H23IN4O3S2. The van der Waals surface area contributed by atoms with Crippen LogP contribution in [0.4, 0.5) is 5.00 Å². The lowest BCUT2D eigenvalue weighted by atomic mass is 9.88. The second kappa shape index (κ2) is 9.52. The van der Waals surface area contributed by atoms with E-state index in [-0.39, 0.29) is 17.0 Å². The summed E-state index contributed by atoms with van der Waals surface area (Å²) < 4.78 is 7.64. The number of carbonyl (C=O) groups is 2. The fraction of sp³-hybridized carbons (Fsp3) is 0.474. The largest absolute Gasteiger partial charge is 0.462 e. The van der Waals surface area contributed by atoms with Crippen molar-refractivity contribution in [2.75, 3.05) is 11.9 Å². The van der Waals surface area contributed by atoms with Gasteiger partial charge >= 0.3 is 5.97 Å². The topological polar surface area (TPSA) is 85.2 Å². The number of ether oxygens (including phenoxy) is 1. The van der Waals surface area contributed by atoms with Crippen molar-refractivity contribution >= 4 is 68.1 Å². The molecule has 1 unspecified atom stereocenters. The van der Waals surface area contributed by atoms with E-state index in [1.807, 2.05) is 6.92 Å². The molecule has 0 aliphatic heterocycles. The number of aromatic nitrogens is 2. The van der Waals surface area contributed by atoms with Gasteiger partial charge in [0, 0.05) is 11.9 Å². The monoisotopic (exact) mass is 546 g/mol. The Kier molecular flexibility index (Phi) is 7.28. The number of fused-ring (bicyclic) bond motifs is 1. The van der Waals surface area contributed by atoms with Crippen LogP contribution < -0.4 is 10.6 Å². The SMILES string of the molecule is CCCOC(=O)c1c(NC(=S)NC(=O)c2c(I)cnn2C)sc2c1CCC(C)C2. The number of amides is 1. The summed E-state index contributed by atoms with van der Waals surface area (Å²) in [7, 11) is 1.70. The number of nitrogens with zero attached hydrogens (tertiary/aromatic N) is 2. The van der Waals surface area contributed by atoms with Gasteiger partial charge in [0.15, 0.2) is 5.11 Å². The van der Waals surface area contributed by atoms with Crippen molar-refractivity contribution in [3.05, 3.63) is 31.5 Å². The molecule has 0 aromatic carbocycles. The van der Waals surface area contributed by atoms with E-state index < -0.39 is 0 Å². The molecule has 10 heteroatoms. The summed E-state index contributed by atoms with van der Waals surface area (Å²) in [5, 5.41) is 10.6. The normalized spacial score (nSPS) is 15.5. The van der Waals surface area contributed by atoms with Gasteiger partial charge in [0.05, 0.1) is 21.9 Å². The minimum atomic E-state index is -0.350. The van der Waals surface area contributed by atoms with Crippen LogP contribution in [0.1, 0.15) is 58.0 Å². The van der Waals surface area contributed by atoms with E-state index in [2.05, 4.69) is 45.2 Å². The quantitative estimate of drug-likeness (QED) is 0.336. The van der Waals surface area contributed by atoms with Crippen LogP contribution in [0.5, 0.6) is 0 Å². The molecular weight excluding hydrogens is 523 g/mol. The van der Waals surface area contributed by atoms with Gasteiger partial charge in [-0.3, -0.25) is 14.8 Å². The second-order valence-corrected chi connectivity index (χ2v) is 9.74. The molecule has 1 aliphatic carbocycles. The van der Waals surface area contributed by atoms with Crippen LogP contribution in [0.15, 0.2) is 6.20 Å². The third-order valence-corrected chi connectivity index (χ3v) is 6.88. The van der Waals surface area contributed by atoms with Crippen molar-refractivity contribution < 1.29 is 14.3 Å². The summed E-state index contributed by atoms with van der Waals surface area (Å²) in [6, 6.07) is 0. The van der Waals surface area contributed by atoms with Crippen molar-refractivity contribution in [1.82, 2.24) is 15.1 Å². The van der Waals surface area contributed by atoms with Crippen LogP contribution in [0.2, 0.25) is 0 Å². The molecule has 2 heterocycles. The molecule has 3 rings (SSSR count). The number of thiophene rings is 1. The minimum absolute atomic E-state index is 0.142. The van der Waals surface area contributed by atoms with Gasteiger partial charge in [0.25, 0.3) is 5.91 Å². The number of hydrogen-bond acceptors (Lipinski definition) is 6. The molecule has 0 bridgehead atoms. The first-order valence-corrected chi connectivity index (χ1v) is 11.7. The van der Waals surface area contributed by atoms with Gasteiger partial charge in [-0.2, -0.15) is 5.10 Å². The Hall–Kier alpha value is -1.53. The predicted molar refractivity (Wildman–Crippen MR) is 126 cm³/mol. The summed E-state index contributed by atoms with van der Waals surface area (Å²) in [6.07, 6.45) is 5.19. The Labute approximate surface area is 192 Å². The number of anilines is 1. The van der Waals surface area contributed by atoms with Crippen molar-refractivity contribution in [3.63, 3.8) is 0 Å². The molecule has 29 heavy (non-hydrogen) atoms. The number of halogens is 1. The molecule has 0 spiro atoms. The maximum absolute atomic E-state index is 12.7. The van der Waals surface area contributed by atoms with Gasteiger partial charge in [0.1, 0.15) is 10.7 Å². The highest BCUT2D eigenvalue weighted by atomic mass is 127. The molecule has 0 radical (unpaired) electrons. The number of rotatable bonds is 5. The summed E-state index contributed by atoms with van der Waals surface area (Å²) in [4.78, 5) is 26.5. The van der Waals surface area contributed by atoms with Crippen LogP contribution in [0, 0.1) is 9.49 Å². The fourth-order valence-electron chi connectivity index (χ4n) is 3.28. The zero-order chi connectivity index (χ0) is 21.1. The minimum Gasteiger partial charge on any atom is -0.462 e. The van der Waals surface area contributed by atoms with Crippen molar-refractivity contribution in [2.24, 2.45) is 13.0 Å². The summed E-state index contributed by atoms with van der Waals surface area (Å²) in [5.41, 5.74) is 2.03. The lowest BCUT2D eigenvalue weighted by Crippen LogP contribution is -2.35. The van der Waals surface area contributed by atoms with Crippen LogP contribution in [-0.4, -0.2) is 33.4 Å². The van der Waals surface area contributed by atoms with E-state index in [0.717, 1.165) is 34.8 Å². The Morgan fingerprint density at radius 3 is 2.90 bits per heavy atom. The lowest BCUT2D eigenvalue weighted by molar-refractivity contribution is 0.0505. The molecule has 0 saturated carbocycles. The molecule has 1 amide bonds. The van der Waals surface area contributed by atoms with Crippen LogP contribution in [0.3, 0.4) is 0 Å². The van der Waals surface area contributed by atoms with Gasteiger partial charge in [0.2, 0.25) is 0 Å². The number of nitrogens with one attached hydrogen (secondary N) is 2. The number of esters is 1. The van der Waals surface area contributed by atoms with E-state index >= 15 is 0 Å². The van der Waals surface area contributed by atoms with Crippen molar-refractivity contribution in [1.29, 1.82) is 0 Å². The first kappa shape index (κ1) is 22.2. The standard InChI is InChI=1S/C19H23IN4O3S2/c1-4-7-27-18(26)14-11-6-5-10(2)8-13(11)29-17(14)23-19(28)22-16(25)15-12(20)9-21-24(15)3/h9-10H,4-8H2,1-3H3,(H2,22,23,25,28). The summed E-state index contributed by atoms with van der Waals surface area (Å²) >= 11 is 8.92. The van der Waals surface area contributed by atoms with Gasteiger partial charge in [-0.1, -0.05) is 13.8 Å². The molecule has 0 saturated heterocycles. The fourth-order valence-corrected chi connectivity index (χ4v) is 5.67. The zero-order valence-electron chi connectivity index (χ0n) is 16.5. The van der Waals surface area contributed by atoms with Crippen LogP contribution >= 0.6 is 46.1 Å². The first-order chi connectivity index (χ1) is 13.8. The second-order valence-electron chi connectivity index (χ2n) is 7.06. The number of thiocarbonyl (C=S) groups is 1. The third kappa shape index (κ3) is 4.97. The summed E-state index contributed by atoms with van der Waals surface area (Å²) in [5.74, 6) is -0.110. The van der Waals surface area contributed by atoms with Gasteiger partial charge < -0.3 is 10.1 Å². The van der Waals surface area contributed by atoms with Gasteiger partial charge in [-0.15, -0.1) is 11.3 Å². The smallest absolute Gasteiger partial charge is 0.341 e. The van der Waals surface area contributed by atoms with Gasteiger partial charge in [-0.25, -0.2) is 4.79 Å². The van der Waals surface area contributed by atoms with E-state index in [1.54, 1.807) is 13.2 Å². The van der Waals surface area contributed by atoms with E-state index in [4.69, 9.17) is 17.0 Å². The molecule has 7 nitrogen and oxygen atoms in total.